The molecule has 0 amide bonds. The van der Waals surface area contributed by atoms with Crippen molar-refractivity contribution in [1.82, 2.24) is 19.8 Å². The summed E-state index contributed by atoms with van der Waals surface area (Å²) in [6, 6.07) is 0.275. The fraction of sp³-hybridized carbons (Fsp3) is 0.450. The van der Waals surface area contributed by atoms with Gasteiger partial charge in [-0.2, -0.15) is 0 Å². The van der Waals surface area contributed by atoms with E-state index in [4.69, 9.17) is 4.42 Å². The largest absolute Gasteiger partial charge is 0.425 e. The number of hydrogen-bond acceptors (Lipinski definition) is 6. The van der Waals surface area contributed by atoms with Crippen molar-refractivity contribution >= 4 is 12.0 Å². The monoisotopic (exact) mass is 385 g/mol. The SMILES string of the molecule is Cc1ncc(F)c2c1CC(N(C)CCCc1cn(C3=CNCC=N3)c(=O)o1)C2. The number of aliphatic imine (C=N–C) groups is 1. The highest BCUT2D eigenvalue weighted by Crippen LogP contribution is 2.28. The van der Waals surface area contributed by atoms with E-state index in [2.05, 4.69) is 27.2 Å². The lowest BCUT2D eigenvalue weighted by molar-refractivity contribution is 0.243. The number of nitrogens with zero attached hydrogens (tertiary/aromatic N) is 4. The number of fused-ring (bicyclic) bond motifs is 1. The van der Waals surface area contributed by atoms with Gasteiger partial charge in [0.15, 0.2) is 5.82 Å². The van der Waals surface area contributed by atoms with Crippen molar-refractivity contribution in [2.75, 3.05) is 20.1 Å². The fourth-order valence-electron chi connectivity index (χ4n) is 3.87. The molecule has 1 aliphatic carbocycles. The molecule has 0 saturated heterocycles. The van der Waals surface area contributed by atoms with E-state index in [9.17, 15) is 9.18 Å². The van der Waals surface area contributed by atoms with Crippen LogP contribution in [-0.4, -0.2) is 46.8 Å². The van der Waals surface area contributed by atoms with Crippen LogP contribution in [0.1, 0.15) is 29.0 Å². The van der Waals surface area contributed by atoms with Crippen LogP contribution in [0.25, 0.3) is 5.82 Å². The third-order valence-electron chi connectivity index (χ3n) is 5.50. The molecular formula is C20H24FN5O2. The maximum atomic E-state index is 14.0. The Morgan fingerprint density at radius 3 is 2.96 bits per heavy atom. The van der Waals surface area contributed by atoms with Crippen molar-refractivity contribution in [2.24, 2.45) is 4.99 Å². The first-order valence-electron chi connectivity index (χ1n) is 9.54. The van der Waals surface area contributed by atoms with Gasteiger partial charge in [-0.05, 0) is 50.9 Å². The van der Waals surface area contributed by atoms with Gasteiger partial charge in [0, 0.05) is 37.1 Å². The smallest absolute Gasteiger partial charge is 0.413 e. The molecule has 0 fully saturated rings. The highest BCUT2D eigenvalue weighted by atomic mass is 19.1. The second-order valence-electron chi connectivity index (χ2n) is 7.35. The van der Waals surface area contributed by atoms with Crippen molar-refractivity contribution in [1.29, 1.82) is 0 Å². The first-order valence-corrected chi connectivity index (χ1v) is 9.54. The van der Waals surface area contributed by atoms with E-state index < -0.39 is 5.76 Å². The number of aryl methyl sites for hydroxylation is 2. The van der Waals surface area contributed by atoms with Gasteiger partial charge in [-0.15, -0.1) is 0 Å². The second kappa shape index (κ2) is 7.71. The van der Waals surface area contributed by atoms with Crippen molar-refractivity contribution in [2.45, 2.75) is 38.6 Å². The number of hydrogen-bond donors (Lipinski definition) is 1. The quantitative estimate of drug-likeness (QED) is 0.820. The molecule has 2 aliphatic rings. The highest BCUT2D eigenvalue weighted by Gasteiger charge is 2.28. The van der Waals surface area contributed by atoms with Gasteiger partial charge < -0.3 is 14.6 Å². The van der Waals surface area contributed by atoms with Gasteiger partial charge in [0.1, 0.15) is 11.6 Å². The lowest BCUT2D eigenvalue weighted by Crippen LogP contribution is -2.33. The maximum Gasteiger partial charge on any atom is 0.425 e. The molecule has 0 radical (unpaired) electrons. The summed E-state index contributed by atoms with van der Waals surface area (Å²) in [6.45, 7) is 3.43. The molecule has 0 bridgehead atoms. The highest BCUT2D eigenvalue weighted by molar-refractivity contribution is 5.69. The standard InChI is InChI=1S/C20H24FN5O2/c1-13-16-8-14(9-17(16)18(21)10-24-13)25(2)7-3-4-15-12-26(20(27)28-15)19-11-22-5-6-23-19/h6,10-12,14,22H,3-5,7-9H2,1-2H3. The van der Waals surface area contributed by atoms with E-state index in [0.29, 0.717) is 31.0 Å². The maximum absolute atomic E-state index is 14.0. The average molecular weight is 385 g/mol. The van der Waals surface area contributed by atoms with E-state index in [0.717, 1.165) is 36.2 Å². The molecule has 0 saturated carbocycles. The van der Waals surface area contributed by atoms with Crippen LogP contribution < -0.4 is 11.1 Å². The summed E-state index contributed by atoms with van der Waals surface area (Å²) in [5.74, 6) is 0.535. The summed E-state index contributed by atoms with van der Waals surface area (Å²) >= 11 is 0. The summed E-state index contributed by atoms with van der Waals surface area (Å²) < 4.78 is 20.8. The van der Waals surface area contributed by atoms with E-state index >= 15 is 0 Å². The van der Waals surface area contributed by atoms with Crippen LogP contribution in [0.2, 0.25) is 0 Å². The minimum atomic E-state index is -0.430. The Kier molecular flexibility index (Phi) is 5.13. The Balaban J connectivity index is 1.33. The van der Waals surface area contributed by atoms with Gasteiger partial charge >= 0.3 is 5.76 Å². The molecule has 8 heteroatoms. The molecule has 4 rings (SSSR count). The van der Waals surface area contributed by atoms with Crippen molar-refractivity contribution in [3.05, 3.63) is 57.5 Å². The van der Waals surface area contributed by atoms with Gasteiger partial charge in [0.05, 0.1) is 12.4 Å². The minimum Gasteiger partial charge on any atom is -0.413 e. The van der Waals surface area contributed by atoms with Crippen LogP contribution in [-0.2, 0) is 19.3 Å². The van der Waals surface area contributed by atoms with Crippen LogP contribution >= 0.6 is 0 Å². The van der Waals surface area contributed by atoms with E-state index in [-0.39, 0.29) is 11.9 Å². The van der Waals surface area contributed by atoms with Crippen LogP contribution in [0.3, 0.4) is 0 Å². The molecule has 0 spiro atoms. The lowest BCUT2D eigenvalue weighted by atomic mass is 10.1. The molecule has 1 unspecified atom stereocenters. The number of oxazole rings is 1. The molecule has 2 aromatic heterocycles. The number of rotatable bonds is 6. The molecule has 3 heterocycles. The van der Waals surface area contributed by atoms with Crippen molar-refractivity contribution in [3.63, 3.8) is 0 Å². The molecule has 2 aromatic rings. The van der Waals surface area contributed by atoms with Crippen LogP contribution in [0.5, 0.6) is 0 Å². The van der Waals surface area contributed by atoms with Crippen LogP contribution in [0, 0.1) is 12.7 Å². The van der Waals surface area contributed by atoms with Gasteiger partial charge in [-0.25, -0.2) is 18.7 Å². The summed E-state index contributed by atoms with van der Waals surface area (Å²) in [7, 11) is 2.06. The number of halogens is 1. The van der Waals surface area contributed by atoms with E-state index in [1.807, 2.05) is 6.92 Å². The van der Waals surface area contributed by atoms with Crippen molar-refractivity contribution in [3.8, 4) is 0 Å². The minimum absolute atomic E-state index is 0.200. The number of nitrogens with one attached hydrogen (secondary N) is 1. The summed E-state index contributed by atoms with van der Waals surface area (Å²) in [4.78, 5) is 22.6. The first kappa shape index (κ1) is 18.6. The summed E-state index contributed by atoms with van der Waals surface area (Å²) in [5.41, 5.74) is 2.78. The third-order valence-corrected chi connectivity index (χ3v) is 5.50. The van der Waals surface area contributed by atoms with Gasteiger partial charge in [0.2, 0.25) is 0 Å². The van der Waals surface area contributed by atoms with Crippen LogP contribution in [0.15, 0.2) is 32.8 Å². The predicted molar refractivity (Wildman–Crippen MR) is 105 cm³/mol. The molecular weight excluding hydrogens is 361 g/mol. The van der Waals surface area contributed by atoms with E-state index in [1.165, 1.54) is 10.8 Å². The molecule has 0 aromatic carbocycles. The third kappa shape index (κ3) is 3.64. The molecule has 1 aliphatic heterocycles. The van der Waals surface area contributed by atoms with E-state index in [1.54, 1.807) is 18.6 Å². The molecule has 148 valence electrons. The van der Waals surface area contributed by atoms with Gasteiger partial charge in [0.25, 0.3) is 0 Å². The van der Waals surface area contributed by atoms with Gasteiger partial charge in [-0.3, -0.25) is 4.98 Å². The molecule has 28 heavy (non-hydrogen) atoms. The molecule has 1 N–H and O–H groups in total. The summed E-state index contributed by atoms with van der Waals surface area (Å²) in [6.07, 6.45) is 9.48. The molecule has 7 nitrogen and oxygen atoms in total. The Morgan fingerprint density at radius 1 is 1.39 bits per heavy atom. The predicted octanol–water partition coefficient (Wildman–Crippen LogP) is 1.75. The zero-order chi connectivity index (χ0) is 19.7. The zero-order valence-corrected chi connectivity index (χ0v) is 16.1. The summed E-state index contributed by atoms with van der Waals surface area (Å²) in [5, 5.41) is 3.02. The Labute approximate surface area is 162 Å². The topological polar surface area (TPSA) is 75.7 Å². The van der Waals surface area contributed by atoms with Gasteiger partial charge in [-0.1, -0.05) is 0 Å². The number of likely N-dealkylation sites (N-methyl/N-ethyl adjacent to an activating group) is 1. The number of pyridine rings is 1. The number of aromatic nitrogens is 2. The normalized spacial score (nSPS) is 18.3. The molecule has 1 atom stereocenters. The van der Waals surface area contributed by atoms with Crippen molar-refractivity contribution < 1.29 is 8.81 Å². The Morgan fingerprint density at radius 2 is 2.21 bits per heavy atom. The second-order valence-corrected chi connectivity index (χ2v) is 7.35. The van der Waals surface area contributed by atoms with Crippen LogP contribution in [0.4, 0.5) is 4.39 Å². The Hall–Kier alpha value is -2.74. The fourth-order valence-corrected chi connectivity index (χ4v) is 3.87. The zero-order valence-electron chi connectivity index (χ0n) is 16.1. The average Bonchev–Trinajstić information content (AvgIpc) is 3.30. The first-order chi connectivity index (χ1) is 13.5. The lowest BCUT2D eigenvalue weighted by Gasteiger charge is -2.23. The Bertz CT molecular complexity index is 960.